The predicted octanol–water partition coefficient (Wildman–Crippen LogP) is 3.34. The lowest BCUT2D eigenvalue weighted by atomic mass is 9.99. The van der Waals surface area contributed by atoms with E-state index in [0.29, 0.717) is 0 Å². The van der Waals surface area contributed by atoms with Crippen LogP contribution in [0.4, 0.5) is 5.69 Å². The summed E-state index contributed by atoms with van der Waals surface area (Å²) in [6.45, 7) is 3.17. The zero-order chi connectivity index (χ0) is 14.2. The van der Waals surface area contributed by atoms with E-state index in [1.807, 2.05) is 12.3 Å². The molecule has 3 N–H and O–H groups in total. The van der Waals surface area contributed by atoms with Crippen molar-refractivity contribution in [2.45, 2.75) is 32.2 Å². The summed E-state index contributed by atoms with van der Waals surface area (Å²) < 4.78 is 0. The van der Waals surface area contributed by atoms with Crippen LogP contribution in [0.5, 0.6) is 0 Å². The van der Waals surface area contributed by atoms with E-state index in [9.17, 15) is 0 Å². The second-order valence-electron chi connectivity index (χ2n) is 5.04. The third kappa shape index (κ3) is 4.07. The molecule has 0 bridgehead atoms. The van der Waals surface area contributed by atoms with E-state index in [-0.39, 0.29) is 6.04 Å². The summed E-state index contributed by atoms with van der Waals surface area (Å²) in [4.78, 5) is 4.21. The second kappa shape index (κ2) is 7.65. The standard InChI is InChI=1S/C17H23N3/c1-2-11-20-17(15-13-19-12-10-16(15)18)9-8-14-6-4-3-5-7-14/h3-7,10,12-13,17,20H,2,8-9,11H2,1H3,(H2,18,19). The maximum Gasteiger partial charge on any atom is 0.0393 e. The lowest BCUT2D eigenvalue weighted by molar-refractivity contribution is 0.499. The molecule has 1 heterocycles. The molecule has 1 aromatic heterocycles. The highest BCUT2D eigenvalue weighted by Gasteiger charge is 2.13. The Kier molecular flexibility index (Phi) is 5.56. The fourth-order valence-corrected chi connectivity index (χ4v) is 2.35. The van der Waals surface area contributed by atoms with Gasteiger partial charge in [-0.2, -0.15) is 0 Å². The van der Waals surface area contributed by atoms with Crippen molar-refractivity contribution in [3.05, 3.63) is 59.9 Å². The minimum atomic E-state index is 0.267. The average Bonchev–Trinajstić information content (AvgIpc) is 2.49. The van der Waals surface area contributed by atoms with E-state index >= 15 is 0 Å². The van der Waals surface area contributed by atoms with Gasteiger partial charge in [0.15, 0.2) is 0 Å². The smallest absolute Gasteiger partial charge is 0.0393 e. The van der Waals surface area contributed by atoms with Crippen LogP contribution < -0.4 is 11.1 Å². The summed E-state index contributed by atoms with van der Waals surface area (Å²) in [6.07, 6.45) is 6.80. The molecule has 3 heteroatoms. The van der Waals surface area contributed by atoms with Crippen LogP contribution in [0, 0.1) is 0 Å². The summed E-state index contributed by atoms with van der Waals surface area (Å²) in [5.74, 6) is 0. The SMILES string of the molecule is CCCNC(CCc1ccccc1)c1cnccc1N. The van der Waals surface area contributed by atoms with Crippen molar-refractivity contribution in [3.63, 3.8) is 0 Å². The Labute approximate surface area is 121 Å². The normalized spacial score (nSPS) is 12.2. The van der Waals surface area contributed by atoms with Crippen LogP contribution in [0.3, 0.4) is 0 Å². The van der Waals surface area contributed by atoms with Gasteiger partial charge in [-0.15, -0.1) is 0 Å². The van der Waals surface area contributed by atoms with Crippen molar-refractivity contribution in [1.29, 1.82) is 0 Å². The molecule has 1 aromatic carbocycles. The summed E-state index contributed by atoms with van der Waals surface area (Å²) in [7, 11) is 0. The van der Waals surface area contributed by atoms with Gasteiger partial charge < -0.3 is 11.1 Å². The molecular formula is C17H23N3. The number of nitrogens with zero attached hydrogens (tertiary/aromatic N) is 1. The zero-order valence-corrected chi connectivity index (χ0v) is 12.0. The fraction of sp³-hybridized carbons (Fsp3) is 0.353. The third-order valence-electron chi connectivity index (χ3n) is 3.47. The summed E-state index contributed by atoms with van der Waals surface area (Å²) >= 11 is 0. The van der Waals surface area contributed by atoms with E-state index in [2.05, 4.69) is 47.6 Å². The lowest BCUT2D eigenvalue weighted by Gasteiger charge is -2.20. The number of hydrogen-bond donors (Lipinski definition) is 2. The molecule has 0 fully saturated rings. The molecule has 0 saturated carbocycles. The van der Waals surface area contributed by atoms with Gasteiger partial charge >= 0.3 is 0 Å². The van der Waals surface area contributed by atoms with Crippen LogP contribution >= 0.6 is 0 Å². The van der Waals surface area contributed by atoms with Crippen LogP contribution in [0.15, 0.2) is 48.8 Å². The molecule has 0 aliphatic rings. The number of hydrogen-bond acceptors (Lipinski definition) is 3. The molecule has 1 unspecified atom stereocenters. The number of nitrogen functional groups attached to an aromatic ring is 1. The lowest BCUT2D eigenvalue weighted by Crippen LogP contribution is -2.23. The molecule has 2 rings (SSSR count). The van der Waals surface area contributed by atoms with Crippen LogP contribution in [-0.4, -0.2) is 11.5 Å². The van der Waals surface area contributed by atoms with Gasteiger partial charge in [0.2, 0.25) is 0 Å². The highest BCUT2D eigenvalue weighted by Crippen LogP contribution is 2.23. The molecule has 0 spiro atoms. The third-order valence-corrected chi connectivity index (χ3v) is 3.47. The Bertz CT molecular complexity index is 511. The van der Waals surface area contributed by atoms with Gasteiger partial charge in [-0.05, 0) is 37.4 Å². The number of rotatable bonds is 7. The van der Waals surface area contributed by atoms with Crippen LogP contribution in [0.25, 0.3) is 0 Å². The van der Waals surface area contributed by atoms with Gasteiger partial charge in [-0.3, -0.25) is 4.98 Å². The van der Waals surface area contributed by atoms with Gasteiger partial charge in [-0.1, -0.05) is 37.3 Å². The van der Waals surface area contributed by atoms with Crippen LogP contribution in [-0.2, 0) is 6.42 Å². The van der Waals surface area contributed by atoms with Crippen LogP contribution in [0.2, 0.25) is 0 Å². The van der Waals surface area contributed by atoms with E-state index in [1.165, 1.54) is 5.56 Å². The van der Waals surface area contributed by atoms with Crippen molar-refractivity contribution >= 4 is 5.69 Å². The molecule has 0 aliphatic heterocycles. The van der Waals surface area contributed by atoms with E-state index < -0.39 is 0 Å². The first-order chi connectivity index (χ1) is 9.81. The maximum atomic E-state index is 6.08. The van der Waals surface area contributed by atoms with Gasteiger partial charge in [0.25, 0.3) is 0 Å². The first kappa shape index (κ1) is 14.5. The van der Waals surface area contributed by atoms with Crippen molar-refractivity contribution in [1.82, 2.24) is 10.3 Å². The molecule has 0 amide bonds. The number of nitrogens with two attached hydrogens (primary N) is 1. The fourth-order valence-electron chi connectivity index (χ4n) is 2.35. The quantitative estimate of drug-likeness (QED) is 0.810. The minimum Gasteiger partial charge on any atom is -0.398 e. The number of nitrogens with one attached hydrogen (secondary N) is 1. The molecule has 0 radical (unpaired) electrons. The van der Waals surface area contributed by atoms with Crippen molar-refractivity contribution in [2.24, 2.45) is 0 Å². The molecule has 0 saturated heterocycles. The number of aryl methyl sites for hydroxylation is 1. The van der Waals surface area contributed by atoms with E-state index in [1.54, 1.807) is 6.20 Å². The number of aromatic nitrogens is 1. The second-order valence-corrected chi connectivity index (χ2v) is 5.04. The monoisotopic (exact) mass is 269 g/mol. The Morgan fingerprint density at radius 1 is 1.20 bits per heavy atom. The van der Waals surface area contributed by atoms with Gasteiger partial charge in [0.1, 0.15) is 0 Å². The largest absolute Gasteiger partial charge is 0.398 e. The summed E-state index contributed by atoms with van der Waals surface area (Å²) in [6, 6.07) is 12.7. The molecule has 106 valence electrons. The van der Waals surface area contributed by atoms with E-state index in [4.69, 9.17) is 5.73 Å². The van der Waals surface area contributed by atoms with Gasteiger partial charge in [0.05, 0.1) is 0 Å². The number of pyridine rings is 1. The van der Waals surface area contributed by atoms with Crippen molar-refractivity contribution < 1.29 is 0 Å². The predicted molar refractivity (Wildman–Crippen MR) is 84.4 cm³/mol. The van der Waals surface area contributed by atoms with Crippen molar-refractivity contribution in [3.8, 4) is 0 Å². The molecule has 1 atom stereocenters. The van der Waals surface area contributed by atoms with Crippen molar-refractivity contribution in [2.75, 3.05) is 12.3 Å². The van der Waals surface area contributed by atoms with E-state index in [0.717, 1.165) is 37.1 Å². The average molecular weight is 269 g/mol. The minimum absolute atomic E-state index is 0.267. The summed E-state index contributed by atoms with van der Waals surface area (Å²) in [5, 5.41) is 3.58. The Hall–Kier alpha value is -1.87. The van der Waals surface area contributed by atoms with Gasteiger partial charge in [-0.25, -0.2) is 0 Å². The summed E-state index contributed by atoms with van der Waals surface area (Å²) in [5.41, 5.74) is 9.37. The molecule has 20 heavy (non-hydrogen) atoms. The van der Waals surface area contributed by atoms with Crippen LogP contribution in [0.1, 0.15) is 36.9 Å². The Balaban J connectivity index is 2.06. The molecule has 3 nitrogen and oxygen atoms in total. The first-order valence-corrected chi connectivity index (χ1v) is 7.28. The Morgan fingerprint density at radius 2 is 2.00 bits per heavy atom. The zero-order valence-electron chi connectivity index (χ0n) is 12.0. The highest BCUT2D eigenvalue weighted by atomic mass is 14.9. The highest BCUT2D eigenvalue weighted by molar-refractivity contribution is 5.46. The van der Waals surface area contributed by atoms with Gasteiger partial charge in [0, 0.05) is 29.7 Å². The number of anilines is 1. The topological polar surface area (TPSA) is 50.9 Å². The maximum absolute atomic E-state index is 6.08. The molecule has 0 aliphatic carbocycles. The number of benzene rings is 1. The molecule has 2 aromatic rings. The molecular weight excluding hydrogens is 246 g/mol. The Morgan fingerprint density at radius 3 is 2.70 bits per heavy atom. The first-order valence-electron chi connectivity index (χ1n) is 7.28.